The van der Waals surface area contributed by atoms with Crippen LogP contribution in [-0.4, -0.2) is 66.4 Å². The van der Waals surface area contributed by atoms with Crippen molar-refractivity contribution in [2.75, 3.05) is 45.8 Å². The van der Waals surface area contributed by atoms with Crippen LogP contribution in [0.2, 0.25) is 0 Å². The van der Waals surface area contributed by atoms with Gasteiger partial charge in [0.2, 0.25) is 5.91 Å². The lowest BCUT2D eigenvalue weighted by Crippen LogP contribution is -2.50. The number of piperidine rings is 1. The summed E-state index contributed by atoms with van der Waals surface area (Å²) in [7, 11) is 0. The first-order valence-corrected chi connectivity index (χ1v) is 10.9. The molecular formula is C23H31N3O3. The molecule has 2 aromatic rings. The molecular weight excluding hydrogens is 366 g/mol. The molecule has 2 aliphatic rings. The number of amides is 1. The topological polar surface area (TPSA) is 57.0 Å². The van der Waals surface area contributed by atoms with Crippen LogP contribution in [0.4, 0.5) is 0 Å². The molecule has 0 unspecified atom stereocenters. The van der Waals surface area contributed by atoms with Crippen molar-refractivity contribution >= 4 is 16.9 Å². The molecule has 0 bridgehead atoms. The van der Waals surface area contributed by atoms with Crippen LogP contribution in [-0.2, 0) is 17.8 Å². The van der Waals surface area contributed by atoms with E-state index in [0.29, 0.717) is 12.1 Å². The van der Waals surface area contributed by atoms with E-state index in [0.717, 1.165) is 76.0 Å². The van der Waals surface area contributed by atoms with Crippen LogP contribution >= 0.6 is 0 Å². The van der Waals surface area contributed by atoms with Crippen LogP contribution < -0.4 is 5.63 Å². The quantitative estimate of drug-likeness (QED) is 0.726. The second-order valence-electron chi connectivity index (χ2n) is 8.27. The summed E-state index contributed by atoms with van der Waals surface area (Å²) in [6.45, 7) is 8.83. The number of likely N-dealkylation sites (tertiary alicyclic amines) is 1. The number of rotatable bonds is 5. The smallest absolute Gasteiger partial charge is 0.336 e. The van der Waals surface area contributed by atoms with Crippen LogP contribution in [0.15, 0.2) is 33.5 Å². The van der Waals surface area contributed by atoms with E-state index in [1.165, 1.54) is 12.0 Å². The standard InChI is InChI=1S/C23H31N3O3/c1-2-18-6-7-21-20(14-18)19(15-23(28)29-21)16-24-10-12-25(13-11-24)17-22(27)26-8-4-3-5-9-26/h6-7,14-15H,2-5,8-13,16-17H2,1H3. The predicted molar refractivity (Wildman–Crippen MR) is 114 cm³/mol. The molecule has 29 heavy (non-hydrogen) atoms. The number of nitrogens with zero attached hydrogens (tertiary/aromatic N) is 3. The molecule has 6 heteroatoms. The minimum atomic E-state index is -0.289. The highest BCUT2D eigenvalue weighted by molar-refractivity contribution is 5.81. The number of carbonyl (C=O) groups is 1. The van der Waals surface area contributed by atoms with Gasteiger partial charge >= 0.3 is 5.63 Å². The molecule has 0 N–H and O–H groups in total. The number of benzene rings is 1. The first kappa shape index (κ1) is 20.1. The first-order chi connectivity index (χ1) is 14.1. The Labute approximate surface area is 172 Å². The van der Waals surface area contributed by atoms with Gasteiger partial charge in [0.05, 0.1) is 6.54 Å². The van der Waals surface area contributed by atoms with Gasteiger partial charge in [-0.1, -0.05) is 13.0 Å². The van der Waals surface area contributed by atoms with Gasteiger partial charge in [-0.25, -0.2) is 4.79 Å². The van der Waals surface area contributed by atoms with E-state index in [4.69, 9.17) is 4.42 Å². The van der Waals surface area contributed by atoms with Crippen molar-refractivity contribution in [1.82, 2.24) is 14.7 Å². The molecule has 4 rings (SSSR count). The van der Waals surface area contributed by atoms with E-state index < -0.39 is 0 Å². The number of fused-ring (bicyclic) bond motifs is 1. The van der Waals surface area contributed by atoms with Crippen LogP contribution in [0.5, 0.6) is 0 Å². The molecule has 1 aromatic carbocycles. The van der Waals surface area contributed by atoms with Gasteiger partial charge in [-0.15, -0.1) is 0 Å². The molecule has 0 aliphatic carbocycles. The lowest BCUT2D eigenvalue weighted by atomic mass is 10.0. The molecule has 0 atom stereocenters. The summed E-state index contributed by atoms with van der Waals surface area (Å²) in [5, 5.41) is 1.03. The second-order valence-corrected chi connectivity index (χ2v) is 8.27. The van der Waals surface area contributed by atoms with E-state index in [1.807, 2.05) is 17.0 Å². The van der Waals surface area contributed by atoms with Crippen molar-refractivity contribution in [3.63, 3.8) is 0 Å². The van der Waals surface area contributed by atoms with Gasteiger partial charge < -0.3 is 9.32 Å². The third kappa shape index (κ3) is 4.87. The molecule has 3 heterocycles. The minimum absolute atomic E-state index is 0.275. The molecule has 6 nitrogen and oxygen atoms in total. The highest BCUT2D eigenvalue weighted by Crippen LogP contribution is 2.21. The summed E-state index contributed by atoms with van der Waals surface area (Å²) in [6, 6.07) is 7.70. The van der Waals surface area contributed by atoms with Crippen molar-refractivity contribution in [2.24, 2.45) is 0 Å². The molecule has 0 spiro atoms. The Hall–Kier alpha value is -2.18. The van der Waals surface area contributed by atoms with E-state index in [2.05, 4.69) is 22.8 Å². The monoisotopic (exact) mass is 397 g/mol. The number of hydrogen-bond donors (Lipinski definition) is 0. The number of aryl methyl sites for hydroxylation is 1. The van der Waals surface area contributed by atoms with Crippen LogP contribution in [0.3, 0.4) is 0 Å². The average molecular weight is 398 g/mol. The van der Waals surface area contributed by atoms with E-state index in [9.17, 15) is 9.59 Å². The number of hydrogen-bond acceptors (Lipinski definition) is 5. The summed E-state index contributed by atoms with van der Waals surface area (Å²) < 4.78 is 5.38. The molecule has 2 fully saturated rings. The summed E-state index contributed by atoms with van der Waals surface area (Å²) in [5.74, 6) is 0.275. The summed E-state index contributed by atoms with van der Waals surface area (Å²) >= 11 is 0. The number of piperazine rings is 1. The first-order valence-electron chi connectivity index (χ1n) is 10.9. The molecule has 1 aromatic heterocycles. The third-order valence-corrected chi connectivity index (χ3v) is 6.23. The third-order valence-electron chi connectivity index (χ3n) is 6.23. The Morgan fingerprint density at radius 2 is 1.69 bits per heavy atom. The largest absolute Gasteiger partial charge is 0.423 e. The van der Waals surface area contributed by atoms with Gasteiger partial charge in [-0.05, 0) is 48.9 Å². The molecule has 156 valence electrons. The Morgan fingerprint density at radius 1 is 0.966 bits per heavy atom. The minimum Gasteiger partial charge on any atom is -0.423 e. The fraction of sp³-hybridized carbons (Fsp3) is 0.565. The number of carbonyl (C=O) groups excluding carboxylic acids is 1. The maximum atomic E-state index is 12.5. The van der Waals surface area contributed by atoms with Crippen LogP contribution in [0.1, 0.15) is 37.3 Å². The fourth-order valence-corrected chi connectivity index (χ4v) is 4.41. The maximum Gasteiger partial charge on any atom is 0.336 e. The SMILES string of the molecule is CCc1ccc2oc(=O)cc(CN3CCN(CC(=O)N4CCCCC4)CC3)c2c1. The molecule has 2 saturated heterocycles. The van der Waals surface area contributed by atoms with Gasteiger partial charge in [0.25, 0.3) is 0 Å². The molecule has 1 amide bonds. The molecule has 0 radical (unpaired) electrons. The zero-order valence-electron chi connectivity index (χ0n) is 17.4. The predicted octanol–water partition coefficient (Wildman–Crippen LogP) is 2.49. The lowest BCUT2D eigenvalue weighted by Gasteiger charge is -2.36. The second kappa shape index (κ2) is 9.09. The Balaban J connectivity index is 1.37. The van der Waals surface area contributed by atoms with Crippen molar-refractivity contribution in [3.8, 4) is 0 Å². The van der Waals surface area contributed by atoms with Gasteiger partial charge in [0.1, 0.15) is 5.58 Å². The van der Waals surface area contributed by atoms with Crippen molar-refractivity contribution in [1.29, 1.82) is 0 Å². The zero-order chi connectivity index (χ0) is 20.2. The van der Waals surface area contributed by atoms with Crippen molar-refractivity contribution < 1.29 is 9.21 Å². The van der Waals surface area contributed by atoms with E-state index in [1.54, 1.807) is 6.07 Å². The van der Waals surface area contributed by atoms with Gasteiger partial charge in [0, 0.05) is 57.3 Å². The zero-order valence-corrected chi connectivity index (χ0v) is 17.4. The van der Waals surface area contributed by atoms with Gasteiger partial charge in [-0.2, -0.15) is 0 Å². The van der Waals surface area contributed by atoms with Crippen molar-refractivity contribution in [2.45, 2.75) is 39.2 Å². The summed E-state index contributed by atoms with van der Waals surface area (Å²) in [5.41, 5.74) is 2.65. The Kier molecular flexibility index (Phi) is 6.31. The van der Waals surface area contributed by atoms with Crippen LogP contribution in [0, 0.1) is 0 Å². The van der Waals surface area contributed by atoms with E-state index >= 15 is 0 Å². The normalized spacial score (nSPS) is 19.0. The van der Waals surface area contributed by atoms with Gasteiger partial charge in [-0.3, -0.25) is 14.6 Å². The fourth-order valence-electron chi connectivity index (χ4n) is 4.41. The molecule has 0 saturated carbocycles. The Bertz CT molecular complexity index is 909. The van der Waals surface area contributed by atoms with Crippen LogP contribution in [0.25, 0.3) is 11.0 Å². The van der Waals surface area contributed by atoms with Gasteiger partial charge in [0.15, 0.2) is 0 Å². The Morgan fingerprint density at radius 3 is 2.41 bits per heavy atom. The van der Waals surface area contributed by atoms with Crippen molar-refractivity contribution in [3.05, 3.63) is 45.8 Å². The van der Waals surface area contributed by atoms with E-state index in [-0.39, 0.29) is 11.5 Å². The maximum absolute atomic E-state index is 12.5. The summed E-state index contributed by atoms with van der Waals surface area (Å²) in [4.78, 5) is 31.2. The highest BCUT2D eigenvalue weighted by atomic mass is 16.4. The highest BCUT2D eigenvalue weighted by Gasteiger charge is 2.23. The average Bonchev–Trinajstić information content (AvgIpc) is 2.75. The molecule has 2 aliphatic heterocycles. The lowest BCUT2D eigenvalue weighted by molar-refractivity contribution is -0.133. The summed E-state index contributed by atoms with van der Waals surface area (Å²) in [6.07, 6.45) is 4.48.